The molecule has 3 amide bonds. The first kappa shape index (κ1) is 21.6. The number of rotatable bonds is 5. The maximum absolute atomic E-state index is 13.0. The van der Waals surface area contributed by atoms with Gasteiger partial charge in [0.2, 0.25) is 5.91 Å². The maximum atomic E-state index is 13.0. The lowest BCUT2D eigenvalue weighted by Crippen LogP contribution is -2.43. The zero-order valence-electron chi connectivity index (χ0n) is 18.1. The van der Waals surface area contributed by atoms with Crippen molar-refractivity contribution in [1.29, 1.82) is 0 Å². The SMILES string of the molecule is COc1ccc(N2CCN(CC(=O)N3CCS[C@@H](c4ccccc4C)CC3)C2=O)cc1. The lowest BCUT2D eigenvalue weighted by atomic mass is 10.0. The third-order valence-electron chi connectivity index (χ3n) is 6.03. The fourth-order valence-electron chi connectivity index (χ4n) is 4.21. The van der Waals surface area contributed by atoms with Gasteiger partial charge in [-0.05, 0) is 48.7 Å². The lowest BCUT2D eigenvalue weighted by molar-refractivity contribution is -0.131. The number of carbonyl (C=O) groups excluding carboxylic acids is 2. The molecule has 7 heteroatoms. The predicted molar refractivity (Wildman–Crippen MR) is 125 cm³/mol. The van der Waals surface area contributed by atoms with Crippen molar-refractivity contribution in [1.82, 2.24) is 9.80 Å². The van der Waals surface area contributed by atoms with Gasteiger partial charge in [0.15, 0.2) is 0 Å². The van der Waals surface area contributed by atoms with Crippen LogP contribution in [0.1, 0.15) is 22.8 Å². The monoisotopic (exact) mass is 439 g/mol. The third-order valence-corrected chi connectivity index (χ3v) is 7.34. The Bertz CT molecular complexity index is 934. The van der Waals surface area contributed by atoms with E-state index in [4.69, 9.17) is 4.74 Å². The molecule has 31 heavy (non-hydrogen) atoms. The summed E-state index contributed by atoms with van der Waals surface area (Å²) >= 11 is 1.92. The van der Waals surface area contributed by atoms with E-state index in [1.54, 1.807) is 16.9 Å². The van der Waals surface area contributed by atoms with Gasteiger partial charge in [-0.25, -0.2) is 4.79 Å². The van der Waals surface area contributed by atoms with Crippen LogP contribution in [0.15, 0.2) is 48.5 Å². The first-order valence-electron chi connectivity index (χ1n) is 10.7. The molecule has 0 saturated carbocycles. The molecule has 0 bridgehead atoms. The number of hydrogen-bond acceptors (Lipinski definition) is 4. The van der Waals surface area contributed by atoms with Crippen molar-refractivity contribution in [3.8, 4) is 5.75 Å². The quantitative estimate of drug-likeness (QED) is 0.708. The molecule has 0 aromatic heterocycles. The molecule has 0 radical (unpaired) electrons. The number of methoxy groups -OCH3 is 1. The van der Waals surface area contributed by atoms with Crippen molar-refractivity contribution in [3.05, 3.63) is 59.7 Å². The van der Waals surface area contributed by atoms with Crippen LogP contribution in [0.3, 0.4) is 0 Å². The highest BCUT2D eigenvalue weighted by molar-refractivity contribution is 7.99. The zero-order valence-corrected chi connectivity index (χ0v) is 18.9. The number of ether oxygens (including phenoxy) is 1. The number of amides is 3. The van der Waals surface area contributed by atoms with Gasteiger partial charge in [-0.3, -0.25) is 9.69 Å². The van der Waals surface area contributed by atoms with Crippen molar-refractivity contribution >= 4 is 29.4 Å². The van der Waals surface area contributed by atoms with Crippen LogP contribution < -0.4 is 9.64 Å². The van der Waals surface area contributed by atoms with Crippen molar-refractivity contribution in [2.75, 3.05) is 50.5 Å². The number of anilines is 1. The van der Waals surface area contributed by atoms with Crippen LogP contribution in [0.4, 0.5) is 10.5 Å². The number of hydrogen-bond donors (Lipinski definition) is 0. The summed E-state index contributed by atoms with van der Waals surface area (Å²) < 4.78 is 5.19. The van der Waals surface area contributed by atoms with Crippen molar-refractivity contribution in [2.45, 2.75) is 18.6 Å². The van der Waals surface area contributed by atoms with Gasteiger partial charge in [0.1, 0.15) is 12.3 Å². The average molecular weight is 440 g/mol. The smallest absolute Gasteiger partial charge is 0.325 e. The van der Waals surface area contributed by atoms with Crippen LogP contribution in [0, 0.1) is 6.92 Å². The molecule has 2 heterocycles. The second kappa shape index (κ2) is 9.64. The molecule has 1 atom stereocenters. The highest BCUT2D eigenvalue weighted by Gasteiger charge is 2.32. The molecular weight excluding hydrogens is 410 g/mol. The summed E-state index contributed by atoms with van der Waals surface area (Å²) in [6.45, 7) is 4.91. The normalized spacial score (nSPS) is 19.5. The standard InChI is InChI=1S/C24H29N3O3S/c1-18-5-3-4-6-21(18)22-11-12-25(15-16-31-22)23(28)17-26-13-14-27(24(26)29)19-7-9-20(30-2)10-8-19/h3-10,22H,11-17H2,1-2H3/t22-/m1/s1. The van der Waals surface area contributed by atoms with Gasteiger partial charge < -0.3 is 14.5 Å². The molecule has 0 N–H and O–H groups in total. The number of thioether (sulfide) groups is 1. The van der Waals surface area contributed by atoms with Gasteiger partial charge in [0, 0.05) is 42.9 Å². The van der Waals surface area contributed by atoms with E-state index in [1.165, 1.54) is 11.1 Å². The Labute approximate surface area is 188 Å². The summed E-state index contributed by atoms with van der Waals surface area (Å²) in [5.41, 5.74) is 3.50. The molecule has 0 unspecified atom stereocenters. The summed E-state index contributed by atoms with van der Waals surface area (Å²) in [6.07, 6.45) is 0.938. The Morgan fingerprint density at radius 1 is 1.06 bits per heavy atom. The van der Waals surface area contributed by atoms with Gasteiger partial charge in [-0.2, -0.15) is 11.8 Å². The maximum Gasteiger partial charge on any atom is 0.325 e. The molecule has 0 spiro atoms. The number of aryl methyl sites for hydroxylation is 1. The van der Waals surface area contributed by atoms with Crippen LogP contribution in [-0.4, -0.2) is 67.3 Å². The second-order valence-corrected chi connectivity index (χ2v) is 9.25. The van der Waals surface area contributed by atoms with Gasteiger partial charge in [0.25, 0.3) is 0 Å². The highest BCUT2D eigenvalue weighted by atomic mass is 32.2. The van der Waals surface area contributed by atoms with E-state index < -0.39 is 0 Å². The number of carbonyl (C=O) groups is 2. The summed E-state index contributed by atoms with van der Waals surface area (Å²) in [4.78, 5) is 31.1. The zero-order chi connectivity index (χ0) is 21.8. The Balaban J connectivity index is 1.34. The Kier molecular flexibility index (Phi) is 6.70. The Morgan fingerprint density at radius 2 is 1.84 bits per heavy atom. The molecule has 0 aliphatic carbocycles. The molecule has 2 aromatic carbocycles. The van der Waals surface area contributed by atoms with E-state index in [1.807, 2.05) is 40.9 Å². The fraction of sp³-hybridized carbons (Fsp3) is 0.417. The summed E-state index contributed by atoms with van der Waals surface area (Å²) in [7, 11) is 1.62. The first-order chi connectivity index (χ1) is 15.1. The Morgan fingerprint density at radius 3 is 2.58 bits per heavy atom. The molecular formula is C24H29N3O3S. The molecule has 4 rings (SSSR count). The topological polar surface area (TPSA) is 53.1 Å². The molecule has 164 valence electrons. The Hall–Kier alpha value is -2.67. The van der Waals surface area contributed by atoms with Crippen LogP contribution in [0.2, 0.25) is 0 Å². The van der Waals surface area contributed by atoms with Crippen molar-refractivity contribution in [2.24, 2.45) is 0 Å². The molecule has 2 aromatic rings. The molecule has 2 aliphatic heterocycles. The van der Waals surface area contributed by atoms with E-state index in [9.17, 15) is 9.59 Å². The minimum Gasteiger partial charge on any atom is -0.497 e. The van der Waals surface area contributed by atoms with Gasteiger partial charge in [-0.15, -0.1) is 0 Å². The van der Waals surface area contributed by atoms with Gasteiger partial charge >= 0.3 is 6.03 Å². The summed E-state index contributed by atoms with van der Waals surface area (Å²) in [5.74, 6) is 1.71. The summed E-state index contributed by atoms with van der Waals surface area (Å²) in [6, 6.07) is 15.8. The number of benzene rings is 2. The van der Waals surface area contributed by atoms with E-state index in [-0.39, 0.29) is 18.5 Å². The predicted octanol–water partition coefficient (Wildman–Crippen LogP) is 3.95. The summed E-state index contributed by atoms with van der Waals surface area (Å²) in [5, 5.41) is 0.415. The largest absolute Gasteiger partial charge is 0.497 e. The minimum atomic E-state index is -0.111. The first-order valence-corrected chi connectivity index (χ1v) is 11.8. The van der Waals surface area contributed by atoms with Crippen LogP contribution in [-0.2, 0) is 4.79 Å². The van der Waals surface area contributed by atoms with E-state index in [2.05, 4.69) is 31.2 Å². The second-order valence-electron chi connectivity index (χ2n) is 7.94. The number of nitrogens with zero attached hydrogens (tertiary/aromatic N) is 3. The molecule has 2 fully saturated rings. The molecule has 6 nitrogen and oxygen atoms in total. The van der Waals surface area contributed by atoms with E-state index >= 15 is 0 Å². The molecule has 2 saturated heterocycles. The van der Waals surface area contributed by atoms with Gasteiger partial charge in [0.05, 0.1) is 7.11 Å². The van der Waals surface area contributed by atoms with Crippen LogP contribution in [0.25, 0.3) is 0 Å². The minimum absolute atomic E-state index is 0.0379. The average Bonchev–Trinajstić information content (AvgIpc) is 2.99. The third kappa shape index (κ3) is 4.82. The lowest BCUT2D eigenvalue weighted by Gasteiger charge is -2.24. The van der Waals surface area contributed by atoms with Crippen LogP contribution >= 0.6 is 11.8 Å². The van der Waals surface area contributed by atoms with Crippen LogP contribution in [0.5, 0.6) is 5.75 Å². The number of urea groups is 1. The van der Waals surface area contributed by atoms with Crippen molar-refractivity contribution in [3.63, 3.8) is 0 Å². The van der Waals surface area contributed by atoms with E-state index in [0.717, 1.165) is 36.7 Å². The van der Waals surface area contributed by atoms with E-state index in [0.29, 0.717) is 18.3 Å². The van der Waals surface area contributed by atoms with Crippen molar-refractivity contribution < 1.29 is 14.3 Å². The molecule has 2 aliphatic rings. The highest BCUT2D eigenvalue weighted by Crippen LogP contribution is 2.36. The van der Waals surface area contributed by atoms with Gasteiger partial charge in [-0.1, -0.05) is 24.3 Å². The fourth-order valence-corrected chi connectivity index (χ4v) is 5.54.